The molecule has 0 bridgehead atoms. The highest BCUT2D eigenvalue weighted by Gasteiger charge is 2.51. The minimum absolute atomic E-state index is 0.607. The zero-order valence-electron chi connectivity index (χ0n) is 49.4. The van der Waals surface area contributed by atoms with E-state index in [9.17, 15) is 16.4 Å². The van der Waals surface area contributed by atoms with Crippen molar-refractivity contribution in [3.63, 3.8) is 0 Å². The highest BCUT2D eigenvalue weighted by Crippen LogP contribution is 2.62. The average molecular weight is 601 g/mol. The van der Waals surface area contributed by atoms with E-state index in [-0.39, 0.29) is 0 Å². The summed E-state index contributed by atoms with van der Waals surface area (Å²) in [7, 11) is 0. The van der Waals surface area contributed by atoms with E-state index < -0.39 is 252 Å². The van der Waals surface area contributed by atoms with E-state index in [1.54, 1.807) is 0 Å². The second-order valence-electron chi connectivity index (χ2n) is 10.0. The van der Waals surface area contributed by atoms with Crippen molar-refractivity contribution in [2.24, 2.45) is 0 Å². The zero-order chi connectivity index (χ0) is 53.0. The van der Waals surface area contributed by atoms with Gasteiger partial charge in [-0.05, 0) is 75.7 Å². The standard InChI is InChI=1S/C43H27NO/c1-2-13-29(14-3-1)44-38-22-10-6-17-33(38)42-30(18-12-23-39(42)44)28-25-26-41-37(27-28)43(36-21-9-11-24-40(36)45-41)34-19-7-4-15-31(34)32-16-5-8-20-35(32)43/h1-27H/i1D,2D,3D,4D,5D,6D,7D,8D,9D,10D,11D,12D,13D,14D,15D,16D,17D,18D,19D,20D,21D,22D,23D,24D,25D,26D,27D. The van der Waals surface area contributed by atoms with Gasteiger partial charge in [0.2, 0.25) is 0 Å². The summed E-state index contributed by atoms with van der Waals surface area (Å²) in [4.78, 5) is 0. The van der Waals surface area contributed by atoms with Crippen molar-refractivity contribution in [2.45, 2.75) is 5.41 Å². The molecule has 1 aromatic heterocycles. The Bertz CT molecular complexity index is 3890. The van der Waals surface area contributed by atoms with Gasteiger partial charge in [-0.25, -0.2) is 0 Å². The van der Waals surface area contributed by atoms with Gasteiger partial charge >= 0.3 is 0 Å². The topological polar surface area (TPSA) is 14.2 Å². The quantitative estimate of drug-likeness (QED) is 0.192. The molecule has 1 aliphatic carbocycles. The van der Waals surface area contributed by atoms with Gasteiger partial charge in [-0.15, -0.1) is 0 Å². The van der Waals surface area contributed by atoms with Gasteiger partial charge in [0.25, 0.3) is 0 Å². The summed E-state index contributed by atoms with van der Waals surface area (Å²) < 4.78 is 252. The summed E-state index contributed by atoms with van der Waals surface area (Å²) in [5, 5.41) is -1.28. The Balaban J connectivity index is 1.54. The van der Waals surface area contributed by atoms with Crippen molar-refractivity contribution in [3.05, 3.63) is 185 Å². The van der Waals surface area contributed by atoms with Gasteiger partial charge in [0, 0.05) is 27.6 Å². The Kier molecular flexibility index (Phi) is 2.03. The Labute approximate surface area is 299 Å². The Morgan fingerprint density at radius 2 is 1.07 bits per heavy atom. The Morgan fingerprint density at radius 3 is 1.87 bits per heavy atom. The van der Waals surface area contributed by atoms with Crippen LogP contribution in [-0.2, 0) is 5.41 Å². The lowest BCUT2D eigenvalue weighted by molar-refractivity contribution is 0.436. The number of hydrogen-bond acceptors (Lipinski definition) is 1. The molecule has 0 radical (unpaired) electrons. The molecule has 2 nitrogen and oxygen atoms in total. The second kappa shape index (κ2) is 9.07. The molecule has 0 amide bonds. The number of rotatable bonds is 2. The summed E-state index contributed by atoms with van der Waals surface area (Å²) in [5.74, 6) is -1.74. The maximum absolute atomic E-state index is 10.3. The van der Waals surface area contributed by atoms with Gasteiger partial charge in [-0.3, -0.25) is 0 Å². The summed E-state index contributed by atoms with van der Waals surface area (Å²) in [5.41, 5.74) is -11.1. The largest absolute Gasteiger partial charge is 0.457 e. The fourth-order valence-electron chi connectivity index (χ4n) is 6.26. The smallest absolute Gasteiger partial charge is 0.132 e. The third-order valence-corrected chi connectivity index (χ3v) is 7.94. The van der Waals surface area contributed by atoms with Crippen molar-refractivity contribution < 1.29 is 41.7 Å². The fourth-order valence-corrected chi connectivity index (χ4v) is 6.26. The molecular formula is C43H27NO. The lowest BCUT2D eigenvalue weighted by atomic mass is 9.65. The first-order chi connectivity index (χ1) is 33.6. The lowest BCUT2D eigenvalue weighted by Crippen LogP contribution is -2.32. The molecule has 2 aliphatic rings. The van der Waals surface area contributed by atoms with E-state index in [0.29, 0.717) is 4.57 Å². The first-order valence-electron chi connectivity index (χ1n) is 26.8. The van der Waals surface area contributed by atoms with E-state index in [2.05, 4.69) is 0 Å². The van der Waals surface area contributed by atoms with Gasteiger partial charge in [0.15, 0.2) is 0 Å². The molecule has 7 aromatic carbocycles. The van der Waals surface area contributed by atoms with Crippen LogP contribution in [0.4, 0.5) is 0 Å². The van der Waals surface area contributed by atoms with Gasteiger partial charge < -0.3 is 9.30 Å². The fraction of sp³-hybridized carbons (Fsp3) is 0.0233. The first-order valence-corrected chi connectivity index (χ1v) is 13.3. The summed E-state index contributed by atoms with van der Waals surface area (Å²) >= 11 is 0. The number of hydrogen-bond donors (Lipinski definition) is 0. The van der Waals surface area contributed by atoms with Gasteiger partial charge in [-0.1, -0.05) is 121 Å². The maximum atomic E-state index is 10.3. The van der Waals surface area contributed by atoms with Crippen molar-refractivity contribution in [2.75, 3.05) is 0 Å². The number of aromatic nitrogens is 1. The molecule has 8 aromatic rings. The van der Waals surface area contributed by atoms with E-state index in [0.717, 1.165) is 0 Å². The monoisotopic (exact) mass is 600 g/mol. The van der Waals surface area contributed by atoms with Crippen molar-refractivity contribution in [3.8, 4) is 39.4 Å². The molecule has 45 heavy (non-hydrogen) atoms. The van der Waals surface area contributed by atoms with Crippen LogP contribution in [0, 0.1) is 0 Å². The number of nitrogens with zero attached hydrogens (tertiary/aromatic N) is 1. The predicted molar refractivity (Wildman–Crippen MR) is 184 cm³/mol. The minimum atomic E-state index is -2.96. The molecule has 210 valence electrons. The van der Waals surface area contributed by atoms with Crippen LogP contribution < -0.4 is 4.74 Å². The van der Waals surface area contributed by atoms with Gasteiger partial charge in [-0.2, -0.15) is 0 Å². The first kappa shape index (κ1) is 10.1. The number of para-hydroxylation sites is 3. The lowest BCUT2D eigenvalue weighted by Gasteiger charge is -2.39. The van der Waals surface area contributed by atoms with Crippen LogP contribution in [0.3, 0.4) is 0 Å². The van der Waals surface area contributed by atoms with E-state index in [1.807, 2.05) is 0 Å². The van der Waals surface area contributed by atoms with E-state index in [4.69, 9.17) is 25.3 Å². The summed E-state index contributed by atoms with van der Waals surface area (Å²) in [6.07, 6.45) is 0. The van der Waals surface area contributed by atoms with E-state index in [1.165, 1.54) is 0 Å². The molecule has 1 spiro atoms. The Hall–Kier alpha value is -5.86. The number of benzene rings is 7. The molecule has 0 atom stereocenters. The van der Waals surface area contributed by atoms with Crippen molar-refractivity contribution in [1.29, 1.82) is 0 Å². The maximum Gasteiger partial charge on any atom is 0.132 e. The van der Waals surface area contributed by atoms with Crippen LogP contribution in [0.1, 0.15) is 59.3 Å². The molecule has 0 unspecified atom stereocenters. The van der Waals surface area contributed by atoms with Crippen molar-refractivity contribution in [1.82, 2.24) is 4.57 Å². The average Bonchev–Trinajstić information content (AvgIpc) is 3.86. The molecule has 0 N–H and O–H groups in total. The highest BCUT2D eigenvalue weighted by molar-refractivity contribution is 6.15. The molecule has 2 heteroatoms. The third-order valence-electron chi connectivity index (χ3n) is 7.94. The second-order valence-corrected chi connectivity index (χ2v) is 10.0. The van der Waals surface area contributed by atoms with Crippen LogP contribution in [0.2, 0.25) is 0 Å². The molecule has 1 aliphatic heterocycles. The predicted octanol–water partition coefficient (Wildman–Crippen LogP) is 10.9. The molecule has 0 fully saturated rings. The normalized spacial score (nSPS) is 22.1. The molecule has 0 saturated heterocycles. The van der Waals surface area contributed by atoms with Crippen molar-refractivity contribution >= 4 is 21.8 Å². The highest BCUT2D eigenvalue weighted by atomic mass is 16.5. The van der Waals surface area contributed by atoms with Crippen LogP contribution in [-0.4, -0.2) is 4.57 Å². The molecule has 0 saturated carbocycles. The zero-order valence-corrected chi connectivity index (χ0v) is 22.4. The number of ether oxygens (including phenoxy) is 1. The summed E-state index contributed by atoms with van der Waals surface area (Å²) in [6, 6.07) is -26.1. The minimum Gasteiger partial charge on any atom is -0.457 e. The van der Waals surface area contributed by atoms with Crippen LogP contribution in [0.5, 0.6) is 11.5 Å². The number of fused-ring (bicyclic) bond motifs is 12. The van der Waals surface area contributed by atoms with Crippen LogP contribution in [0.25, 0.3) is 49.7 Å². The summed E-state index contributed by atoms with van der Waals surface area (Å²) in [6.45, 7) is 0. The van der Waals surface area contributed by atoms with Gasteiger partial charge in [0.05, 0.1) is 53.5 Å². The van der Waals surface area contributed by atoms with Crippen LogP contribution in [0.15, 0.2) is 163 Å². The van der Waals surface area contributed by atoms with Gasteiger partial charge in [0.1, 0.15) is 11.5 Å². The third kappa shape index (κ3) is 3.18. The SMILES string of the molecule is [2H]c1c([2H])c([2H])c(-n2c3c([2H])c([2H])c([2H])c([2H])c3c3c(-c4c([2H])c([2H])c5c(c4[2H])C4(c6c([2H])c([2H])c([2H])c([2H])c6O5)c5c([2H])c([2H])c([2H])c([2H])c5-c5c([2H])c([2H])c([2H])c([2H])c54)c([2H])c([2H])c([2H])c32)c([2H])c1[2H]. The molecule has 10 rings (SSSR count). The molecule has 2 heterocycles. The molecular weight excluding hydrogens is 546 g/mol. The van der Waals surface area contributed by atoms with Crippen LogP contribution >= 0.6 is 0 Å². The Morgan fingerprint density at radius 1 is 0.467 bits per heavy atom. The van der Waals surface area contributed by atoms with E-state index >= 15 is 0 Å².